The van der Waals surface area contributed by atoms with Crippen molar-refractivity contribution in [2.24, 2.45) is 17.3 Å². The molecule has 1 saturated carbocycles. The summed E-state index contributed by atoms with van der Waals surface area (Å²) >= 11 is 0. The van der Waals surface area contributed by atoms with Crippen molar-refractivity contribution in [3.05, 3.63) is 139 Å². The standard InChI is InChI=1S/C48H49N3O5/c1-33-24-25-40-42(26-33)49-41(35-18-11-6-12-19-35)29-45(40)55-39-28-43-44(52)31-48(47(54)50-56-38-22-14-7-15-23-38)30-37(48)21-13-4-2-3-10-20-36(46(53)51(43)32-39)27-34-16-8-5-9-17-34/h5-9,11-19,21-26,29,36-37,39,43H,2-4,10,20,27-28,30-32H2,1H3,(H,50,54)/b21-13-/t36-,37+,39-,43+,48-/m1/s1. The summed E-state index contributed by atoms with van der Waals surface area (Å²) < 4.78 is 6.88. The van der Waals surface area contributed by atoms with E-state index in [-0.39, 0.29) is 42.4 Å². The lowest BCUT2D eigenvalue weighted by molar-refractivity contribution is -0.143. The van der Waals surface area contributed by atoms with Crippen LogP contribution in [0.15, 0.2) is 127 Å². The second-order valence-electron chi connectivity index (χ2n) is 15.8. The number of amides is 2. The molecule has 3 heterocycles. The summed E-state index contributed by atoms with van der Waals surface area (Å²) in [6.07, 6.45) is 9.84. The third-order valence-electron chi connectivity index (χ3n) is 11.8. The molecule has 0 radical (unpaired) electrons. The highest BCUT2D eigenvalue weighted by Crippen LogP contribution is 2.57. The smallest absolute Gasteiger partial charge is 0.259 e. The summed E-state index contributed by atoms with van der Waals surface area (Å²) in [7, 11) is 0. The molecule has 0 bridgehead atoms. The van der Waals surface area contributed by atoms with E-state index in [0.29, 0.717) is 30.8 Å². The topological polar surface area (TPSA) is 97.8 Å². The Morgan fingerprint density at radius 1 is 0.893 bits per heavy atom. The molecule has 56 heavy (non-hydrogen) atoms. The highest BCUT2D eigenvalue weighted by atomic mass is 16.7. The molecule has 5 atom stereocenters. The van der Waals surface area contributed by atoms with Crippen LogP contribution in [0.1, 0.15) is 62.5 Å². The molecule has 2 fully saturated rings. The lowest BCUT2D eigenvalue weighted by atomic mass is 9.90. The van der Waals surface area contributed by atoms with E-state index in [1.54, 1.807) is 17.0 Å². The Bertz CT molecular complexity index is 2210. The van der Waals surface area contributed by atoms with Gasteiger partial charge in [-0.05, 0) is 80.3 Å². The van der Waals surface area contributed by atoms with Gasteiger partial charge in [-0.1, -0.05) is 110 Å². The van der Waals surface area contributed by atoms with E-state index < -0.39 is 17.6 Å². The highest BCUT2D eigenvalue weighted by Gasteiger charge is 2.61. The largest absolute Gasteiger partial charge is 0.488 e. The second kappa shape index (κ2) is 16.5. The number of rotatable bonds is 8. The number of para-hydroxylation sites is 1. The number of nitrogens with one attached hydrogen (secondary N) is 1. The number of benzene rings is 4. The number of Topliss-reactive ketones (excluding diaryl/α,β-unsaturated/α-hetero) is 1. The lowest BCUT2D eigenvalue weighted by Gasteiger charge is -2.29. The number of hydrogen-bond donors (Lipinski definition) is 1. The van der Waals surface area contributed by atoms with Crippen molar-refractivity contribution in [2.75, 3.05) is 6.54 Å². The van der Waals surface area contributed by atoms with Crippen molar-refractivity contribution in [2.45, 2.75) is 76.9 Å². The van der Waals surface area contributed by atoms with E-state index in [4.69, 9.17) is 14.6 Å². The van der Waals surface area contributed by atoms with Gasteiger partial charge in [0.25, 0.3) is 5.91 Å². The minimum absolute atomic E-state index is 0.00608. The van der Waals surface area contributed by atoms with Crippen LogP contribution in [-0.4, -0.2) is 46.2 Å². The van der Waals surface area contributed by atoms with E-state index in [1.807, 2.05) is 91.9 Å². The summed E-state index contributed by atoms with van der Waals surface area (Å²) in [5.74, 6) is 0.345. The number of nitrogens with zero attached hydrogens (tertiary/aromatic N) is 2. The average Bonchev–Trinajstić information content (AvgIpc) is 3.75. The van der Waals surface area contributed by atoms with Gasteiger partial charge in [-0.3, -0.25) is 14.4 Å². The number of aromatic nitrogens is 1. The van der Waals surface area contributed by atoms with E-state index in [2.05, 4.69) is 35.8 Å². The van der Waals surface area contributed by atoms with Gasteiger partial charge in [-0.2, -0.15) is 5.48 Å². The van der Waals surface area contributed by atoms with Gasteiger partial charge in [-0.25, -0.2) is 4.98 Å². The minimum atomic E-state index is -0.955. The Kier molecular flexibility index (Phi) is 11.0. The molecule has 2 amide bonds. The molecule has 8 nitrogen and oxygen atoms in total. The Labute approximate surface area is 328 Å². The zero-order valence-corrected chi connectivity index (χ0v) is 31.9. The van der Waals surface area contributed by atoms with Gasteiger partial charge in [0.15, 0.2) is 11.5 Å². The van der Waals surface area contributed by atoms with Crippen LogP contribution in [0, 0.1) is 24.2 Å². The summed E-state index contributed by atoms with van der Waals surface area (Å²) in [4.78, 5) is 56.0. The third kappa shape index (κ3) is 8.25. The van der Waals surface area contributed by atoms with Gasteiger partial charge >= 0.3 is 0 Å². The van der Waals surface area contributed by atoms with Gasteiger partial charge in [0, 0.05) is 35.8 Å². The normalized spacial score (nSPS) is 24.6. The number of fused-ring (bicyclic) bond motifs is 3. The summed E-state index contributed by atoms with van der Waals surface area (Å²) in [5, 5.41) is 0.876. The SMILES string of the molecule is Cc1ccc2c(O[C@@H]3C[C@H]4C(=O)C[C@]5(C(=O)NOc6ccccc6)C[C@@H]5/C=C\CCCCC[C@H](Cc5ccccc5)C(=O)N4C3)cc(-c3ccccc3)nc2c1. The van der Waals surface area contributed by atoms with Crippen molar-refractivity contribution >= 4 is 28.5 Å². The van der Waals surface area contributed by atoms with Crippen LogP contribution in [0.5, 0.6) is 11.5 Å². The maximum Gasteiger partial charge on any atom is 0.259 e. The average molecular weight is 748 g/mol. The van der Waals surface area contributed by atoms with Crippen LogP contribution in [0.2, 0.25) is 0 Å². The summed E-state index contributed by atoms with van der Waals surface area (Å²) in [6, 6.07) is 36.6. The first kappa shape index (κ1) is 37.2. The van der Waals surface area contributed by atoms with Crippen LogP contribution < -0.4 is 15.1 Å². The molecule has 0 spiro atoms. The second-order valence-corrected chi connectivity index (χ2v) is 15.8. The number of carbonyl (C=O) groups excluding carboxylic acids is 3. The van der Waals surface area contributed by atoms with Crippen LogP contribution in [0.25, 0.3) is 22.2 Å². The maximum atomic E-state index is 14.9. The number of aryl methyl sites for hydroxylation is 1. The van der Waals surface area contributed by atoms with Crippen molar-refractivity contribution < 1.29 is 24.0 Å². The molecule has 8 rings (SSSR count). The molecule has 2 aliphatic heterocycles. The Balaban J connectivity index is 1.12. The van der Waals surface area contributed by atoms with Crippen molar-refractivity contribution in [1.29, 1.82) is 0 Å². The zero-order chi connectivity index (χ0) is 38.5. The molecule has 0 unspecified atom stereocenters. The van der Waals surface area contributed by atoms with Crippen LogP contribution in [0.3, 0.4) is 0 Å². The molecular weight excluding hydrogens is 699 g/mol. The van der Waals surface area contributed by atoms with Crippen LogP contribution >= 0.6 is 0 Å². The fraction of sp³-hybridized carbons (Fsp3) is 0.333. The van der Waals surface area contributed by atoms with Crippen molar-refractivity contribution in [3.8, 4) is 22.8 Å². The first-order valence-corrected chi connectivity index (χ1v) is 20.1. The third-order valence-corrected chi connectivity index (χ3v) is 11.8. The Hall–Kier alpha value is -5.76. The van der Waals surface area contributed by atoms with Gasteiger partial charge in [-0.15, -0.1) is 0 Å². The quantitative estimate of drug-likeness (QED) is 0.126. The fourth-order valence-corrected chi connectivity index (χ4v) is 8.56. The molecule has 1 aliphatic carbocycles. The number of carbonyl (C=O) groups is 3. The number of hydrogen-bond acceptors (Lipinski definition) is 6. The van der Waals surface area contributed by atoms with Gasteiger partial charge < -0.3 is 14.5 Å². The lowest BCUT2D eigenvalue weighted by Crippen LogP contribution is -2.46. The molecule has 8 heteroatoms. The molecule has 4 aromatic carbocycles. The van der Waals surface area contributed by atoms with Gasteiger partial charge in [0.1, 0.15) is 11.9 Å². The fourth-order valence-electron chi connectivity index (χ4n) is 8.56. The predicted molar refractivity (Wildman–Crippen MR) is 218 cm³/mol. The number of ether oxygens (including phenoxy) is 1. The number of pyridine rings is 1. The summed E-state index contributed by atoms with van der Waals surface area (Å²) in [6.45, 7) is 2.32. The van der Waals surface area contributed by atoms with E-state index in [0.717, 1.165) is 65.4 Å². The monoisotopic (exact) mass is 747 g/mol. The maximum absolute atomic E-state index is 14.9. The van der Waals surface area contributed by atoms with Gasteiger partial charge in [0.05, 0.1) is 29.2 Å². The first-order chi connectivity index (χ1) is 27.4. The van der Waals surface area contributed by atoms with E-state index >= 15 is 0 Å². The van der Waals surface area contributed by atoms with E-state index in [9.17, 15) is 14.4 Å². The molecule has 286 valence electrons. The van der Waals surface area contributed by atoms with Crippen molar-refractivity contribution in [1.82, 2.24) is 15.4 Å². The molecule has 5 aromatic rings. The number of hydroxylamine groups is 1. The Morgan fingerprint density at radius 2 is 1.64 bits per heavy atom. The van der Waals surface area contributed by atoms with Crippen molar-refractivity contribution in [3.63, 3.8) is 0 Å². The van der Waals surface area contributed by atoms with Crippen LogP contribution in [0.4, 0.5) is 0 Å². The predicted octanol–water partition coefficient (Wildman–Crippen LogP) is 9.01. The molecular formula is C48H49N3O5. The number of ketones is 1. The van der Waals surface area contributed by atoms with Crippen LogP contribution in [-0.2, 0) is 20.8 Å². The molecule has 1 aromatic heterocycles. The highest BCUT2D eigenvalue weighted by molar-refractivity contribution is 5.97. The minimum Gasteiger partial charge on any atom is -0.488 e. The molecule has 1 saturated heterocycles. The Morgan fingerprint density at radius 3 is 2.43 bits per heavy atom. The molecule has 3 aliphatic rings. The van der Waals surface area contributed by atoms with E-state index in [1.165, 1.54) is 0 Å². The molecule has 1 N–H and O–H groups in total. The first-order valence-electron chi connectivity index (χ1n) is 20.1. The zero-order valence-electron chi connectivity index (χ0n) is 31.9. The van der Waals surface area contributed by atoms with Gasteiger partial charge in [0.2, 0.25) is 5.91 Å². The summed E-state index contributed by atoms with van der Waals surface area (Å²) in [5.41, 5.74) is 6.49. The number of allylic oxidation sites excluding steroid dienone is 2.